The van der Waals surface area contributed by atoms with Gasteiger partial charge in [-0.3, -0.25) is 4.79 Å². The number of aromatic nitrogens is 1. The monoisotopic (exact) mass is 272 g/mol. The average molecular weight is 272 g/mol. The second-order valence-corrected chi connectivity index (χ2v) is 4.94. The summed E-state index contributed by atoms with van der Waals surface area (Å²) in [6, 6.07) is 3.90. The van der Waals surface area contributed by atoms with Crippen molar-refractivity contribution in [3.05, 3.63) is 29.6 Å². The second-order valence-electron chi connectivity index (χ2n) is 4.94. The van der Waals surface area contributed by atoms with Crippen LogP contribution < -0.4 is 0 Å². The highest BCUT2D eigenvalue weighted by atomic mass is 16.2. The van der Waals surface area contributed by atoms with E-state index in [0.717, 1.165) is 32.2 Å². The maximum atomic E-state index is 12.6. The topological polar surface area (TPSA) is 53.4 Å². The Labute approximate surface area is 119 Å². The first-order chi connectivity index (χ1) is 9.77. The first kappa shape index (κ1) is 14.5. The molecule has 0 atom stereocenters. The number of hydrogen-bond donors (Lipinski definition) is 1. The fraction of sp³-hybridized carbons (Fsp3) is 0.500. The summed E-state index contributed by atoms with van der Waals surface area (Å²) in [6.45, 7) is 2.68. The number of rotatable bonds is 5. The van der Waals surface area contributed by atoms with E-state index in [1.165, 1.54) is 0 Å². The number of carbonyl (C=O) groups excluding carboxylic acids is 1. The van der Waals surface area contributed by atoms with Crippen LogP contribution in [0.5, 0.6) is 0 Å². The van der Waals surface area contributed by atoms with E-state index in [4.69, 9.17) is 5.11 Å². The van der Waals surface area contributed by atoms with Crippen molar-refractivity contribution in [2.45, 2.75) is 38.6 Å². The van der Waals surface area contributed by atoms with Gasteiger partial charge in [0.1, 0.15) is 12.3 Å². The van der Waals surface area contributed by atoms with Crippen LogP contribution in [0.15, 0.2) is 18.3 Å². The Hall–Kier alpha value is -1.86. The number of aliphatic hydroxyl groups excluding tert-OH is 1. The van der Waals surface area contributed by atoms with Crippen LogP contribution in [-0.4, -0.2) is 40.1 Å². The summed E-state index contributed by atoms with van der Waals surface area (Å²) in [5.74, 6) is 5.35. The Morgan fingerprint density at radius 3 is 3.00 bits per heavy atom. The van der Waals surface area contributed by atoms with Gasteiger partial charge in [-0.05, 0) is 31.4 Å². The Morgan fingerprint density at radius 2 is 2.35 bits per heavy atom. The van der Waals surface area contributed by atoms with Gasteiger partial charge < -0.3 is 10.0 Å². The van der Waals surface area contributed by atoms with Crippen molar-refractivity contribution in [1.29, 1.82) is 0 Å². The fourth-order valence-corrected chi connectivity index (χ4v) is 2.11. The minimum atomic E-state index is -0.218. The Balaban J connectivity index is 2.22. The Bertz CT molecular complexity index is 527. The van der Waals surface area contributed by atoms with E-state index in [1.54, 1.807) is 18.3 Å². The molecule has 0 radical (unpaired) electrons. The van der Waals surface area contributed by atoms with Gasteiger partial charge in [0.05, 0.1) is 5.56 Å². The van der Waals surface area contributed by atoms with E-state index in [-0.39, 0.29) is 12.5 Å². The molecule has 1 aliphatic rings. The van der Waals surface area contributed by atoms with Crippen molar-refractivity contribution < 1.29 is 9.90 Å². The zero-order valence-electron chi connectivity index (χ0n) is 11.8. The fourth-order valence-electron chi connectivity index (χ4n) is 2.11. The third kappa shape index (κ3) is 3.58. The highest BCUT2D eigenvalue weighted by Crippen LogP contribution is 2.28. The van der Waals surface area contributed by atoms with Crippen LogP contribution in [0.2, 0.25) is 0 Å². The molecule has 1 N–H and O–H groups in total. The molecule has 1 heterocycles. The molecule has 106 valence electrons. The molecule has 2 rings (SSSR count). The summed E-state index contributed by atoms with van der Waals surface area (Å²) < 4.78 is 0. The number of pyridine rings is 1. The van der Waals surface area contributed by atoms with E-state index in [2.05, 4.69) is 23.7 Å². The predicted molar refractivity (Wildman–Crippen MR) is 77.2 cm³/mol. The largest absolute Gasteiger partial charge is 0.384 e. The molecule has 4 nitrogen and oxygen atoms in total. The van der Waals surface area contributed by atoms with Crippen LogP contribution in [-0.2, 0) is 0 Å². The molecule has 1 fully saturated rings. The van der Waals surface area contributed by atoms with Crippen LogP contribution in [0.25, 0.3) is 0 Å². The van der Waals surface area contributed by atoms with Gasteiger partial charge in [-0.15, -0.1) is 0 Å². The average Bonchev–Trinajstić information content (AvgIpc) is 3.30. The van der Waals surface area contributed by atoms with E-state index in [1.807, 2.05) is 4.90 Å². The molecular weight excluding hydrogens is 252 g/mol. The molecule has 4 heteroatoms. The number of unbranched alkanes of at least 4 members (excludes halogenated alkanes) is 1. The van der Waals surface area contributed by atoms with Crippen LogP contribution >= 0.6 is 0 Å². The molecule has 0 aliphatic heterocycles. The predicted octanol–water partition coefficient (Wildman–Crippen LogP) is 1.83. The number of carbonyl (C=O) groups is 1. The van der Waals surface area contributed by atoms with Gasteiger partial charge in [0.25, 0.3) is 5.91 Å². The lowest BCUT2D eigenvalue weighted by Crippen LogP contribution is -2.35. The maximum absolute atomic E-state index is 12.6. The SMILES string of the molecule is CCCCN(C(=O)c1ncccc1C#CCO)C1CC1. The van der Waals surface area contributed by atoms with Gasteiger partial charge in [-0.1, -0.05) is 25.2 Å². The highest BCUT2D eigenvalue weighted by molar-refractivity contribution is 5.95. The number of hydrogen-bond acceptors (Lipinski definition) is 3. The third-order valence-electron chi connectivity index (χ3n) is 3.31. The third-order valence-corrected chi connectivity index (χ3v) is 3.31. The normalized spacial score (nSPS) is 13.5. The molecule has 0 bridgehead atoms. The van der Waals surface area contributed by atoms with Crippen LogP contribution in [0.4, 0.5) is 0 Å². The molecule has 0 unspecified atom stereocenters. The standard InChI is InChI=1S/C16H20N2O2/c1-2-3-11-18(14-8-9-14)16(20)15-13(7-5-12-19)6-4-10-17-15/h4,6,10,14,19H,2-3,8-9,11-12H2,1H3. The highest BCUT2D eigenvalue weighted by Gasteiger charge is 2.33. The van der Waals surface area contributed by atoms with Crippen molar-refractivity contribution in [3.8, 4) is 11.8 Å². The number of amides is 1. The molecule has 1 saturated carbocycles. The zero-order valence-corrected chi connectivity index (χ0v) is 11.8. The van der Waals surface area contributed by atoms with Crippen LogP contribution in [0.3, 0.4) is 0 Å². The van der Waals surface area contributed by atoms with Crippen molar-refractivity contribution in [3.63, 3.8) is 0 Å². The molecule has 0 saturated heterocycles. The summed E-state index contributed by atoms with van der Waals surface area (Å²) in [5, 5.41) is 8.79. The molecule has 1 aliphatic carbocycles. The van der Waals surface area contributed by atoms with E-state index in [0.29, 0.717) is 17.3 Å². The van der Waals surface area contributed by atoms with Crippen molar-refractivity contribution in [2.24, 2.45) is 0 Å². The smallest absolute Gasteiger partial charge is 0.273 e. The molecule has 20 heavy (non-hydrogen) atoms. The van der Waals surface area contributed by atoms with E-state index >= 15 is 0 Å². The Morgan fingerprint density at radius 1 is 1.55 bits per heavy atom. The van der Waals surface area contributed by atoms with Gasteiger partial charge in [0.2, 0.25) is 0 Å². The number of nitrogens with zero attached hydrogens (tertiary/aromatic N) is 2. The van der Waals surface area contributed by atoms with Gasteiger partial charge in [-0.2, -0.15) is 0 Å². The Kier molecular flexibility index (Phi) is 5.14. The maximum Gasteiger partial charge on any atom is 0.273 e. The van der Waals surface area contributed by atoms with Crippen molar-refractivity contribution >= 4 is 5.91 Å². The second kappa shape index (κ2) is 7.06. The van der Waals surface area contributed by atoms with Gasteiger partial charge >= 0.3 is 0 Å². The van der Waals surface area contributed by atoms with Crippen molar-refractivity contribution in [2.75, 3.05) is 13.2 Å². The molecule has 1 aromatic rings. The first-order valence-corrected chi connectivity index (χ1v) is 7.13. The van der Waals surface area contributed by atoms with E-state index < -0.39 is 0 Å². The lowest BCUT2D eigenvalue weighted by molar-refractivity contribution is 0.0734. The molecule has 0 spiro atoms. The van der Waals surface area contributed by atoms with Crippen LogP contribution in [0, 0.1) is 11.8 Å². The first-order valence-electron chi connectivity index (χ1n) is 7.13. The quantitative estimate of drug-likeness (QED) is 0.832. The summed E-state index contributed by atoms with van der Waals surface area (Å²) in [4.78, 5) is 18.8. The summed E-state index contributed by atoms with van der Waals surface area (Å²) in [7, 11) is 0. The molecule has 1 amide bonds. The van der Waals surface area contributed by atoms with Gasteiger partial charge in [0.15, 0.2) is 0 Å². The van der Waals surface area contributed by atoms with Crippen molar-refractivity contribution in [1.82, 2.24) is 9.88 Å². The zero-order chi connectivity index (χ0) is 14.4. The summed E-state index contributed by atoms with van der Waals surface area (Å²) >= 11 is 0. The minimum Gasteiger partial charge on any atom is -0.384 e. The molecule has 0 aromatic carbocycles. The molecule has 1 aromatic heterocycles. The number of aliphatic hydroxyl groups is 1. The van der Waals surface area contributed by atoms with Crippen LogP contribution in [0.1, 0.15) is 48.7 Å². The summed E-state index contributed by atoms with van der Waals surface area (Å²) in [6.07, 6.45) is 5.85. The van der Waals surface area contributed by atoms with Gasteiger partial charge in [0, 0.05) is 18.8 Å². The minimum absolute atomic E-state index is 0.0382. The molecular formula is C16H20N2O2. The van der Waals surface area contributed by atoms with Gasteiger partial charge in [-0.25, -0.2) is 4.98 Å². The summed E-state index contributed by atoms with van der Waals surface area (Å²) in [5.41, 5.74) is 0.991. The lowest BCUT2D eigenvalue weighted by Gasteiger charge is -2.22. The van der Waals surface area contributed by atoms with E-state index in [9.17, 15) is 4.79 Å². The lowest BCUT2D eigenvalue weighted by atomic mass is 10.1.